The van der Waals surface area contributed by atoms with Crippen LogP contribution < -0.4 is 5.32 Å². The van der Waals surface area contributed by atoms with Gasteiger partial charge in [0.25, 0.3) is 0 Å². The average molecular weight is 199 g/mol. The Morgan fingerprint density at radius 3 is 2.64 bits per heavy atom. The molecule has 1 saturated heterocycles. The van der Waals surface area contributed by atoms with Crippen molar-refractivity contribution in [1.82, 2.24) is 5.32 Å². The largest absolute Gasteiger partial charge is 0.356 e. The molecule has 0 aliphatic carbocycles. The Morgan fingerprint density at radius 1 is 1.50 bits per heavy atom. The molecular weight excluding hydrogens is 174 g/mol. The normalized spacial score (nSPS) is 34.7. The van der Waals surface area contributed by atoms with Gasteiger partial charge in [0.15, 0.2) is 0 Å². The summed E-state index contributed by atoms with van der Waals surface area (Å²) in [6.07, 6.45) is 5.38. The maximum Gasteiger partial charge on any atom is 0.106 e. The van der Waals surface area contributed by atoms with Crippen molar-refractivity contribution in [3.8, 4) is 0 Å². The Bertz CT molecular complexity index is 172. The number of hydrogen-bond donors (Lipinski definition) is 1. The van der Waals surface area contributed by atoms with E-state index in [4.69, 9.17) is 4.74 Å². The molecule has 0 aromatic heterocycles. The number of unbranched alkanes of at least 4 members (excludes halogenated alkanes) is 1. The monoisotopic (exact) mass is 199 g/mol. The van der Waals surface area contributed by atoms with Gasteiger partial charge in [0.2, 0.25) is 0 Å². The summed E-state index contributed by atoms with van der Waals surface area (Å²) in [6, 6.07) is 0. The quantitative estimate of drug-likeness (QED) is 0.735. The van der Waals surface area contributed by atoms with E-state index in [-0.39, 0.29) is 11.8 Å². The highest BCUT2D eigenvalue weighted by molar-refractivity contribution is 4.90. The van der Waals surface area contributed by atoms with Crippen molar-refractivity contribution in [3.63, 3.8) is 0 Å². The second-order valence-corrected chi connectivity index (χ2v) is 4.70. The second kappa shape index (κ2) is 5.13. The molecular formula is C12H25NO. The van der Waals surface area contributed by atoms with Gasteiger partial charge in [0.05, 0.1) is 5.60 Å². The third kappa shape index (κ3) is 2.71. The van der Waals surface area contributed by atoms with Crippen molar-refractivity contribution >= 4 is 0 Å². The summed E-state index contributed by atoms with van der Waals surface area (Å²) in [4.78, 5) is 0. The molecule has 3 unspecified atom stereocenters. The number of ether oxygens (including phenoxy) is 1. The fraction of sp³-hybridized carbons (Fsp3) is 1.00. The molecule has 1 rings (SSSR count). The molecule has 0 bridgehead atoms. The molecule has 0 saturated carbocycles. The van der Waals surface area contributed by atoms with E-state index in [0.29, 0.717) is 5.92 Å². The molecule has 0 spiro atoms. The summed E-state index contributed by atoms with van der Waals surface area (Å²) in [5.41, 5.74) is 0.0728. The summed E-state index contributed by atoms with van der Waals surface area (Å²) >= 11 is 0. The van der Waals surface area contributed by atoms with E-state index in [1.54, 1.807) is 0 Å². The number of nitrogens with one attached hydrogen (secondary N) is 1. The van der Waals surface area contributed by atoms with Crippen molar-refractivity contribution in [1.29, 1.82) is 0 Å². The molecule has 0 amide bonds. The molecule has 1 aliphatic rings. The van der Waals surface area contributed by atoms with Crippen molar-refractivity contribution in [2.75, 3.05) is 6.54 Å². The summed E-state index contributed by atoms with van der Waals surface area (Å²) in [5.74, 6) is 0.708. The van der Waals surface area contributed by atoms with Gasteiger partial charge in [-0.05, 0) is 26.2 Å². The summed E-state index contributed by atoms with van der Waals surface area (Å²) in [6.45, 7) is 9.89. The van der Waals surface area contributed by atoms with E-state index in [1.165, 1.54) is 25.7 Å². The lowest BCUT2D eigenvalue weighted by atomic mass is 9.83. The molecule has 0 radical (unpaired) electrons. The minimum Gasteiger partial charge on any atom is -0.356 e. The highest BCUT2D eigenvalue weighted by atomic mass is 16.5. The Hall–Kier alpha value is -0.0800. The van der Waals surface area contributed by atoms with E-state index in [2.05, 4.69) is 33.0 Å². The van der Waals surface area contributed by atoms with Crippen LogP contribution in [-0.2, 0) is 4.74 Å². The molecule has 1 fully saturated rings. The van der Waals surface area contributed by atoms with Crippen LogP contribution in [0.25, 0.3) is 0 Å². The fourth-order valence-corrected chi connectivity index (χ4v) is 2.47. The van der Waals surface area contributed by atoms with Crippen LogP contribution in [0.4, 0.5) is 0 Å². The number of rotatable bonds is 5. The zero-order chi connectivity index (χ0) is 10.6. The highest BCUT2D eigenvalue weighted by Gasteiger charge is 2.39. The van der Waals surface area contributed by atoms with Crippen LogP contribution in [0.2, 0.25) is 0 Å². The molecule has 2 heteroatoms. The first-order chi connectivity index (χ1) is 6.62. The van der Waals surface area contributed by atoms with Gasteiger partial charge >= 0.3 is 0 Å². The van der Waals surface area contributed by atoms with Gasteiger partial charge in [-0.1, -0.05) is 33.1 Å². The molecule has 1 heterocycles. The van der Waals surface area contributed by atoms with Gasteiger partial charge in [0, 0.05) is 6.54 Å². The van der Waals surface area contributed by atoms with Gasteiger partial charge in [0.1, 0.15) is 6.23 Å². The fourth-order valence-electron chi connectivity index (χ4n) is 2.47. The standard InChI is InChI=1S/C12H25NO/c1-5-7-8-11(6-2)12(4)9-13-10(3)14-12/h10-11,13H,5-9H2,1-4H3. The molecule has 14 heavy (non-hydrogen) atoms. The minimum absolute atomic E-state index is 0.0728. The first-order valence-corrected chi connectivity index (χ1v) is 6.03. The maximum atomic E-state index is 5.99. The van der Waals surface area contributed by atoms with Gasteiger partial charge in [-0.2, -0.15) is 0 Å². The van der Waals surface area contributed by atoms with Crippen LogP contribution in [0.5, 0.6) is 0 Å². The second-order valence-electron chi connectivity index (χ2n) is 4.70. The van der Waals surface area contributed by atoms with E-state index >= 15 is 0 Å². The van der Waals surface area contributed by atoms with Crippen LogP contribution in [0.1, 0.15) is 53.4 Å². The highest BCUT2D eigenvalue weighted by Crippen LogP contribution is 2.32. The van der Waals surface area contributed by atoms with Crippen LogP contribution in [0.3, 0.4) is 0 Å². The first kappa shape index (κ1) is 12.0. The summed E-state index contributed by atoms with van der Waals surface area (Å²) in [5, 5.41) is 3.38. The van der Waals surface area contributed by atoms with Gasteiger partial charge in [-0.15, -0.1) is 0 Å². The lowest BCUT2D eigenvalue weighted by Gasteiger charge is -2.32. The molecule has 84 valence electrons. The van der Waals surface area contributed by atoms with Crippen molar-refractivity contribution in [2.24, 2.45) is 5.92 Å². The molecule has 1 aliphatic heterocycles. The van der Waals surface area contributed by atoms with E-state index in [9.17, 15) is 0 Å². The zero-order valence-electron chi connectivity index (χ0n) is 10.1. The predicted octanol–water partition coefficient (Wildman–Crippen LogP) is 2.93. The molecule has 0 aromatic carbocycles. The molecule has 3 atom stereocenters. The number of hydrogen-bond acceptors (Lipinski definition) is 2. The smallest absolute Gasteiger partial charge is 0.106 e. The topological polar surface area (TPSA) is 21.3 Å². The first-order valence-electron chi connectivity index (χ1n) is 6.03. The minimum atomic E-state index is 0.0728. The van der Waals surface area contributed by atoms with E-state index in [1.807, 2.05) is 0 Å². The van der Waals surface area contributed by atoms with Gasteiger partial charge in [-0.25, -0.2) is 0 Å². The maximum absolute atomic E-state index is 5.99. The van der Waals surface area contributed by atoms with E-state index in [0.717, 1.165) is 6.54 Å². The molecule has 1 N–H and O–H groups in total. The van der Waals surface area contributed by atoms with E-state index < -0.39 is 0 Å². The van der Waals surface area contributed by atoms with Crippen molar-refractivity contribution < 1.29 is 4.74 Å². The lowest BCUT2D eigenvalue weighted by molar-refractivity contribution is -0.0607. The Morgan fingerprint density at radius 2 is 2.21 bits per heavy atom. The average Bonchev–Trinajstić information content (AvgIpc) is 2.48. The van der Waals surface area contributed by atoms with Crippen LogP contribution in [-0.4, -0.2) is 18.4 Å². The zero-order valence-corrected chi connectivity index (χ0v) is 10.1. The third-order valence-electron chi connectivity index (χ3n) is 3.45. The van der Waals surface area contributed by atoms with Crippen molar-refractivity contribution in [2.45, 2.75) is 65.2 Å². The van der Waals surface area contributed by atoms with Crippen molar-refractivity contribution in [3.05, 3.63) is 0 Å². The molecule has 2 nitrogen and oxygen atoms in total. The van der Waals surface area contributed by atoms with Crippen LogP contribution >= 0.6 is 0 Å². The predicted molar refractivity (Wildman–Crippen MR) is 60.3 cm³/mol. The van der Waals surface area contributed by atoms with Crippen LogP contribution in [0, 0.1) is 5.92 Å². The van der Waals surface area contributed by atoms with Gasteiger partial charge < -0.3 is 4.74 Å². The summed E-state index contributed by atoms with van der Waals surface area (Å²) in [7, 11) is 0. The Balaban J connectivity index is 2.49. The summed E-state index contributed by atoms with van der Waals surface area (Å²) < 4.78 is 5.99. The third-order valence-corrected chi connectivity index (χ3v) is 3.45. The Kier molecular flexibility index (Phi) is 4.39. The lowest BCUT2D eigenvalue weighted by Crippen LogP contribution is -2.38. The SMILES string of the molecule is CCCCC(CC)C1(C)CNC(C)O1. The Labute approximate surface area is 88.4 Å². The molecule has 0 aromatic rings. The van der Waals surface area contributed by atoms with Gasteiger partial charge in [-0.3, -0.25) is 5.32 Å². The van der Waals surface area contributed by atoms with Crippen LogP contribution in [0.15, 0.2) is 0 Å².